The van der Waals surface area contributed by atoms with E-state index in [2.05, 4.69) is 34.5 Å². The number of hydrogen-bond donors (Lipinski definition) is 2. The van der Waals surface area contributed by atoms with Crippen molar-refractivity contribution in [3.8, 4) is 0 Å². The van der Waals surface area contributed by atoms with Gasteiger partial charge < -0.3 is 10.3 Å². The number of aromatic amines is 1. The van der Waals surface area contributed by atoms with E-state index in [4.69, 9.17) is 0 Å². The van der Waals surface area contributed by atoms with Gasteiger partial charge in [0.15, 0.2) is 0 Å². The first kappa shape index (κ1) is 10.8. The number of nitrogens with one attached hydrogen (secondary N) is 2. The zero-order chi connectivity index (χ0) is 11.7. The minimum absolute atomic E-state index is 0.615. The van der Waals surface area contributed by atoms with Crippen LogP contribution in [0.2, 0.25) is 0 Å². The smallest absolute Gasteiger partial charge is 0.137 e. The van der Waals surface area contributed by atoms with E-state index in [1.165, 1.54) is 30.2 Å². The topological polar surface area (TPSA) is 40.7 Å². The molecule has 0 radical (unpaired) electrons. The number of fused-ring (bicyclic) bond motifs is 1. The average molecular weight is 229 g/mol. The zero-order valence-electron chi connectivity index (χ0n) is 10.2. The van der Waals surface area contributed by atoms with E-state index in [0.29, 0.717) is 6.04 Å². The zero-order valence-corrected chi connectivity index (χ0v) is 10.2. The molecule has 0 spiro atoms. The fourth-order valence-electron chi connectivity index (χ4n) is 2.38. The van der Waals surface area contributed by atoms with Gasteiger partial charge in [-0.3, -0.25) is 0 Å². The van der Waals surface area contributed by atoms with Gasteiger partial charge in [-0.1, -0.05) is 12.8 Å². The van der Waals surface area contributed by atoms with Crippen LogP contribution in [0, 0.1) is 5.92 Å². The van der Waals surface area contributed by atoms with Gasteiger partial charge in [-0.2, -0.15) is 0 Å². The summed E-state index contributed by atoms with van der Waals surface area (Å²) in [6.07, 6.45) is 8.08. The second-order valence-electron chi connectivity index (χ2n) is 5.17. The number of hydrogen-bond acceptors (Lipinski definition) is 2. The molecule has 2 heterocycles. The van der Waals surface area contributed by atoms with Crippen molar-refractivity contribution in [2.75, 3.05) is 0 Å². The molecule has 3 heteroatoms. The van der Waals surface area contributed by atoms with Gasteiger partial charge in [0.2, 0.25) is 0 Å². The lowest BCUT2D eigenvalue weighted by Gasteiger charge is -2.12. The Morgan fingerprint density at radius 3 is 3.24 bits per heavy atom. The Kier molecular flexibility index (Phi) is 2.85. The predicted octanol–water partition coefficient (Wildman–Crippen LogP) is 2.84. The molecule has 0 saturated heterocycles. The van der Waals surface area contributed by atoms with Crippen molar-refractivity contribution in [1.29, 1.82) is 0 Å². The second kappa shape index (κ2) is 4.49. The van der Waals surface area contributed by atoms with Crippen LogP contribution in [0.1, 0.15) is 31.7 Å². The van der Waals surface area contributed by atoms with Crippen LogP contribution in [0.3, 0.4) is 0 Å². The summed E-state index contributed by atoms with van der Waals surface area (Å²) in [7, 11) is 0. The van der Waals surface area contributed by atoms with Crippen molar-refractivity contribution in [2.45, 2.75) is 38.8 Å². The summed E-state index contributed by atoms with van der Waals surface area (Å²) in [5.74, 6) is 0.988. The molecular weight excluding hydrogens is 210 g/mol. The molecule has 1 fully saturated rings. The Hall–Kier alpha value is -1.35. The van der Waals surface area contributed by atoms with Crippen LogP contribution in [-0.2, 0) is 6.54 Å². The van der Waals surface area contributed by atoms with Gasteiger partial charge >= 0.3 is 0 Å². The van der Waals surface area contributed by atoms with E-state index in [0.717, 1.165) is 18.1 Å². The summed E-state index contributed by atoms with van der Waals surface area (Å²) in [4.78, 5) is 7.52. The monoisotopic (exact) mass is 229 g/mol. The molecule has 1 saturated carbocycles. The molecule has 1 aliphatic rings. The first-order valence-corrected chi connectivity index (χ1v) is 6.47. The SMILES string of the molecule is CC(CC1CC1)NCc1c[nH]c2ncccc12. The van der Waals surface area contributed by atoms with Crippen molar-refractivity contribution < 1.29 is 0 Å². The van der Waals surface area contributed by atoms with Crippen LogP contribution in [0.4, 0.5) is 0 Å². The molecule has 1 aliphatic carbocycles. The van der Waals surface area contributed by atoms with Crippen molar-refractivity contribution >= 4 is 11.0 Å². The number of H-pyrrole nitrogens is 1. The normalized spacial score (nSPS) is 17.5. The molecule has 3 rings (SSSR count). The van der Waals surface area contributed by atoms with Gasteiger partial charge in [-0.25, -0.2) is 4.98 Å². The Morgan fingerprint density at radius 2 is 2.41 bits per heavy atom. The molecule has 3 nitrogen and oxygen atoms in total. The Morgan fingerprint density at radius 1 is 1.53 bits per heavy atom. The molecule has 90 valence electrons. The van der Waals surface area contributed by atoms with Crippen LogP contribution >= 0.6 is 0 Å². The number of pyridine rings is 1. The van der Waals surface area contributed by atoms with E-state index >= 15 is 0 Å². The van der Waals surface area contributed by atoms with Crippen molar-refractivity contribution in [3.63, 3.8) is 0 Å². The van der Waals surface area contributed by atoms with Gasteiger partial charge in [-0.15, -0.1) is 0 Å². The highest BCUT2D eigenvalue weighted by atomic mass is 14.9. The molecule has 0 bridgehead atoms. The maximum Gasteiger partial charge on any atom is 0.137 e. The fraction of sp³-hybridized carbons (Fsp3) is 0.500. The summed E-state index contributed by atoms with van der Waals surface area (Å²) < 4.78 is 0. The maximum absolute atomic E-state index is 4.30. The molecule has 0 amide bonds. The Balaban J connectivity index is 1.63. The van der Waals surface area contributed by atoms with Crippen LogP contribution < -0.4 is 5.32 Å². The fourth-order valence-corrected chi connectivity index (χ4v) is 2.38. The first-order chi connectivity index (χ1) is 8.33. The quantitative estimate of drug-likeness (QED) is 0.827. The molecule has 1 atom stereocenters. The third-order valence-corrected chi connectivity index (χ3v) is 3.56. The number of nitrogens with zero attached hydrogens (tertiary/aromatic N) is 1. The third kappa shape index (κ3) is 2.50. The summed E-state index contributed by atoms with van der Waals surface area (Å²) >= 11 is 0. The van der Waals surface area contributed by atoms with E-state index in [-0.39, 0.29) is 0 Å². The van der Waals surface area contributed by atoms with Gasteiger partial charge in [0.05, 0.1) is 0 Å². The standard InChI is InChI=1S/C14H19N3/c1-10(7-11-4-5-11)16-8-12-9-17-14-13(12)3-2-6-15-14/h2-3,6,9-11,16H,4-5,7-8H2,1H3,(H,15,17). The first-order valence-electron chi connectivity index (χ1n) is 6.47. The molecular formula is C14H19N3. The van der Waals surface area contributed by atoms with Crippen molar-refractivity contribution in [1.82, 2.24) is 15.3 Å². The summed E-state index contributed by atoms with van der Waals surface area (Å²) in [6, 6.07) is 4.73. The highest BCUT2D eigenvalue weighted by Crippen LogP contribution is 2.33. The average Bonchev–Trinajstić information content (AvgIpc) is 3.06. The summed E-state index contributed by atoms with van der Waals surface area (Å²) in [5, 5.41) is 4.84. The van der Waals surface area contributed by atoms with Crippen LogP contribution in [0.15, 0.2) is 24.5 Å². The molecule has 2 aromatic heterocycles. The lowest BCUT2D eigenvalue weighted by Crippen LogP contribution is -2.25. The largest absolute Gasteiger partial charge is 0.346 e. The summed E-state index contributed by atoms with van der Waals surface area (Å²) in [5.41, 5.74) is 2.30. The highest BCUT2D eigenvalue weighted by Gasteiger charge is 2.23. The Labute approximate surface area is 102 Å². The van der Waals surface area contributed by atoms with Crippen LogP contribution in [0.5, 0.6) is 0 Å². The summed E-state index contributed by atoms with van der Waals surface area (Å²) in [6.45, 7) is 3.21. The van der Waals surface area contributed by atoms with E-state index in [9.17, 15) is 0 Å². The van der Waals surface area contributed by atoms with Gasteiger partial charge in [-0.05, 0) is 37.0 Å². The number of aromatic nitrogens is 2. The molecule has 0 aliphatic heterocycles. The van der Waals surface area contributed by atoms with Crippen molar-refractivity contribution in [2.24, 2.45) is 5.92 Å². The van der Waals surface area contributed by atoms with Crippen LogP contribution in [0.25, 0.3) is 11.0 Å². The Bertz CT molecular complexity index is 499. The molecule has 17 heavy (non-hydrogen) atoms. The van der Waals surface area contributed by atoms with E-state index in [1.54, 1.807) is 0 Å². The lowest BCUT2D eigenvalue weighted by molar-refractivity contribution is 0.488. The lowest BCUT2D eigenvalue weighted by atomic mass is 10.1. The van der Waals surface area contributed by atoms with Crippen molar-refractivity contribution in [3.05, 3.63) is 30.1 Å². The molecule has 0 aromatic carbocycles. The van der Waals surface area contributed by atoms with E-state index < -0.39 is 0 Å². The van der Waals surface area contributed by atoms with Gasteiger partial charge in [0, 0.05) is 30.4 Å². The minimum Gasteiger partial charge on any atom is -0.346 e. The van der Waals surface area contributed by atoms with E-state index in [1.807, 2.05) is 12.3 Å². The molecule has 2 aromatic rings. The highest BCUT2D eigenvalue weighted by molar-refractivity contribution is 5.79. The molecule has 1 unspecified atom stereocenters. The van der Waals surface area contributed by atoms with Crippen LogP contribution in [-0.4, -0.2) is 16.0 Å². The van der Waals surface area contributed by atoms with Gasteiger partial charge in [0.1, 0.15) is 5.65 Å². The maximum atomic E-state index is 4.30. The molecule has 2 N–H and O–H groups in total. The minimum atomic E-state index is 0.615. The second-order valence-corrected chi connectivity index (χ2v) is 5.17. The third-order valence-electron chi connectivity index (χ3n) is 3.56. The van der Waals surface area contributed by atoms with Gasteiger partial charge in [0.25, 0.3) is 0 Å². The predicted molar refractivity (Wildman–Crippen MR) is 69.7 cm³/mol. The number of rotatable bonds is 5.